The van der Waals surface area contributed by atoms with Crippen molar-refractivity contribution in [3.8, 4) is 5.75 Å². The number of carboxylic acid groups (broad SMARTS) is 2. The summed E-state index contributed by atoms with van der Waals surface area (Å²) in [5.41, 5.74) is 2.82. The molecule has 1 atom stereocenters. The van der Waals surface area contributed by atoms with E-state index in [9.17, 15) is 4.79 Å². The average Bonchev–Trinajstić information content (AvgIpc) is 2.92. The van der Waals surface area contributed by atoms with Gasteiger partial charge in [-0.1, -0.05) is 42.8 Å². The number of carboxylic acids is 2. The van der Waals surface area contributed by atoms with E-state index in [2.05, 4.69) is 15.2 Å². The zero-order valence-corrected chi connectivity index (χ0v) is 20.9. The van der Waals surface area contributed by atoms with Gasteiger partial charge in [-0.2, -0.15) is 0 Å². The Kier molecular flexibility index (Phi) is 10.4. The van der Waals surface area contributed by atoms with Crippen molar-refractivity contribution in [1.29, 1.82) is 0 Å². The maximum atomic E-state index is 12.9. The van der Waals surface area contributed by atoms with Crippen molar-refractivity contribution < 1.29 is 29.3 Å². The fraction of sp³-hybridized carbons (Fsp3) is 0.357. The number of likely N-dealkylation sites (tertiary alicyclic amines) is 1. The van der Waals surface area contributed by atoms with Crippen molar-refractivity contribution in [2.24, 2.45) is 0 Å². The molecule has 0 radical (unpaired) electrons. The molecule has 4 rings (SSSR count). The number of nitrogens with zero attached hydrogens (tertiary/aromatic N) is 2. The number of aliphatic carboxylic acids is 2. The average molecular weight is 508 g/mol. The normalized spacial score (nSPS) is 14.2. The Morgan fingerprint density at radius 3 is 2.27 bits per heavy atom. The minimum atomic E-state index is -1.82. The molecule has 1 aliphatic heterocycles. The summed E-state index contributed by atoms with van der Waals surface area (Å²) in [4.78, 5) is 38.3. The van der Waals surface area contributed by atoms with Crippen LogP contribution in [0.25, 0.3) is 10.9 Å². The molecule has 0 saturated carbocycles. The second kappa shape index (κ2) is 13.9. The van der Waals surface area contributed by atoms with Gasteiger partial charge in [-0.3, -0.25) is 9.78 Å². The number of nitrogens with one attached hydrogen (secondary N) is 1. The Morgan fingerprint density at radius 2 is 1.62 bits per heavy atom. The summed E-state index contributed by atoms with van der Waals surface area (Å²) in [7, 11) is 1.67. The number of rotatable bonds is 8. The van der Waals surface area contributed by atoms with Crippen molar-refractivity contribution in [3.05, 3.63) is 71.9 Å². The smallest absolute Gasteiger partial charge is 0.414 e. The van der Waals surface area contributed by atoms with Gasteiger partial charge in [0.05, 0.1) is 30.8 Å². The topological polar surface area (TPSA) is 129 Å². The number of carbonyl (C=O) groups excluding carboxylic acids is 1. The van der Waals surface area contributed by atoms with Crippen LogP contribution in [0.5, 0.6) is 5.75 Å². The molecule has 0 bridgehead atoms. The predicted molar refractivity (Wildman–Crippen MR) is 140 cm³/mol. The molecule has 1 aliphatic rings. The summed E-state index contributed by atoms with van der Waals surface area (Å²) in [5.74, 6) is -2.82. The van der Waals surface area contributed by atoms with Crippen LogP contribution in [-0.2, 0) is 20.8 Å². The zero-order valence-electron chi connectivity index (χ0n) is 20.9. The highest BCUT2D eigenvalue weighted by Gasteiger charge is 2.18. The molecule has 2 aromatic carbocycles. The number of para-hydroxylation sites is 1. The number of fused-ring (bicyclic) bond motifs is 1. The molecule has 1 amide bonds. The first kappa shape index (κ1) is 27.6. The molecule has 1 fully saturated rings. The Balaban J connectivity index is 0.000000568. The monoisotopic (exact) mass is 507 g/mol. The molecule has 196 valence electrons. The van der Waals surface area contributed by atoms with Crippen LogP contribution in [0.15, 0.2) is 60.7 Å². The number of aromatic nitrogens is 1. The van der Waals surface area contributed by atoms with E-state index >= 15 is 0 Å². The lowest BCUT2D eigenvalue weighted by atomic mass is 10.0. The van der Waals surface area contributed by atoms with Crippen LogP contribution >= 0.6 is 0 Å². The number of carbonyl (C=O) groups is 3. The van der Waals surface area contributed by atoms with Gasteiger partial charge in [-0.25, -0.2) is 9.59 Å². The maximum absolute atomic E-state index is 12.9. The Hall–Kier alpha value is -3.98. The van der Waals surface area contributed by atoms with Gasteiger partial charge in [0.1, 0.15) is 5.75 Å². The first-order valence-electron chi connectivity index (χ1n) is 12.3. The second-order valence-corrected chi connectivity index (χ2v) is 8.87. The van der Waals surface area contributed by atoms with Crippen molar-refractivity contribution in [2.75, 3.05) is 26.7 Å². The van der Waals surface area contributed by atoms with E-state index in [-0.39, 0.29) is 18.4 Å². The van der Waals surface area contributed by atoms with Crippen LogP contribution < -0.4 is 10.1 Å². The van der Waals surface area contributed by atoms with E-state index in [1.54, 1.807) is 7.11 Å². The zero-order chi connectivity index (χ0) is 26.6. The van der Waals surface area contributed by atoms with E-state index in [1.165, 1.54) is 19.3 Å². The van der Waals surface area contributed by atoms with Crippen LogP contribution in [0.2, 0.25) is 0 Å². The standard InChI is InChI=1S/C26H31N3O2.C2H2O4/c1-31-23-13-10-21(11-14-23)25(15-18-29-16-5-2-6-17-29)28-26(30)19-22-12-9-20-7-3-4-8-24(20)27-22;3-1(4)2(5)6/h3-4,7-14,25H,2,5-6,15-19H2,1H3,(H,28,30);(H,3,4)(H,5,6). The molecule has 1 saturated heterocycles. The number of pyridine rings is 1. The molecular weight excluding hydrogens is 474 g/mol. The van der Waals surface area contributed by atoms with Crippen LogP contribution in [-0.4, -0.2) is 64.7 Å². The lowest BCUT2D eigenvalue weighted by molar-refractivity contribution is -0.159. The fourth-order valence-electron chi connectivity index (χ4n) is 4.27. The molecule has 2 heterocycles. The molecule has 37 heavy (non-hydrogen) atoms. The molecule has 1 unspecified atom stereocenters. The van der Waals surface area contributed by atoms with Crippen molar-refractivity contribution in [1.82, 2.24) is 15.2 Å². The largest absolute Gasteiger partial charge is 0.497 e. The number of benzene rings is 2. The van der Waals surface area contributed by atoms with Gasteiger partial charge in [0, 0.05) is 11.9 Å². The van der Waals surface area contributed by atoms with Crippen LogP contribution in [0.1, 0.15) is 43.0 Å². The van der Waals surface area contributed by atoms with Gasteiger partial charge in [-0.15, -0.1) is 0 Å². The number of hydrogen-bond donors (Lipinski definition) is 3. The molecule has 0 spiro atoms. The second-order valence-electron chi connectivity index (χ2n) is 8.87. The Labute approximate surface area is 216 Å². The van der Waals surface area contributed by atoms with Gasteiger partial charge in [0.15, 0.2) is 0 Å². The molecule has 0 aliphatic carbocycles. The Morgan fingerprint density at radius 1 is 0.946 bits per heavy atom. The summed E-state index contributed by atoms with van der Waals surface area (Å²) in [6.45, 7) is 3.31. The molecule has 3 aromatic rings. The summed E-state index contributed by atoms with van der Waals surface area (Å²) in [6.07, 6.45) is 5.04. The maximum Gasteiger partial charge on any atom is 0.414 e. The number of hydrogen-bond acceptors (Lipinski definition) is 6. The third-order valence-electron chi connectivity index (χ3n) is 6.22. The highest BCUT2D eigenvalue weighted by Crippen LogP contribution is 2.22. The summed E-state index contributed by atoms with van der Waals surface area (Å²) in [5, 5.41) is 19.1. The summed E-state index contributed by atoms with van der Waals surface area (Å²) >= 11 is 0. The lowest BCUT2D eigenvalue weighted by Crippen LogP contribution is -2.35. The molecule has 9 nitrogen and oxygen atoms in total. The third kappa shape index (κ3) is 8.88. The minimum absolute atomic E-state index is 0.00208. The fourth-order valence-corrected chi connectivity index (χ4v) is 4.27. The first-order chi connectivity index (χ1) is 17.9. The quantitative estimate of drug-likeness (QED) is 0.394. The van der Waals surface area contributed by atoms with Crippen molar-refractivity contribution >= 4 is 28.7 Å². The first-order valence-corrected chi connectivity index (χ1v) is 12.3. The highest BCUT2D eigenvalue weighted by molar-refractivity contribution is 6.27. The van der Waals surface area contributed by atoms with Crippen LogP contribution in [0.4, 0.5) is 0 Å². The number of amides is 1. The number of methoxy groups -OCH3 is 1. The van der Waals surface area contributed by atoms with Gasteiger partial charge < -0.3 is 25.2 Å². The van der Waals surface area contributed by atoms with E-state index < -0.39 is 11.9 Å². The highest BCUT2D eigenvalue weighted by atomic mass is 16.5. The van der Waals surface area contributed by atoms with E-state index in [0.29, 0.717) is 0 Å². The van der Waals surface area contributed by atoms with Gasteiger partial charge in [-0.05, 0) is 62.2 Å². The number of piperidine rings is 1. The van der Waals surface area contributed by atoms with E-state index in [4.69, 9.17) is 24.5 Å². The predicted octanol–water partition coefficient (Wildman–Crippen LogP) is 3.68. The minimum Gasteiger partial charge on any atom is -0.497 e. The Bertz CT molecular complexity index is 1180. The SMILES string of the molecule is COc1ccc(C(CCN2CCCCC2)NC(=O)Cc2ccc3ccccc3n2)cc1.O=C(O)C(=O)O. The third-order valence-corrected chi connectivity index (χ3v) is 6.22. The molecule has 1 aromatic heterocycles. The number of ether oxygens (including phenoxy) is 1. The van der Waals surface area contributed by atoms with E-state index in [0.717, 1.165) is 54.0 Å². The molecular formula is C28H33N3O6. The van der Waals surface area contributed by atoms with Crippen molar-refractivity contribution in [3.63, 3.8) is 0 Å². The van der Waals surface area contributed by atoms with Crippen molar-refractivity contribution in [2.45, 2.75) is 38.1 Å². The molecule has 9 heteroatoms. The summed E-state index contributed by atoms with van der Waals surface area (Å²) < 4.78 is 5.30. The lowest BCUT2D eigenvalue weighted by Gasteiger charge is -2.29. The van der Waals surface area contributed by atoms with E-state index in [1.807, 2.05) is 60.7 Å². The van der Waals surface area contributed by atoms with Gasteiger partial charge in [0.2, 0.25) is 5.91 Å². The van der Waals surface area contributed by atoms with Gasteiger partial charge >= 0.3 is 11.9 Å². The van der Waals surface area contributed by atoms with Crippen LogP contribution in [0, 0.1) is 0 Å². The summed E-state index contributed by atoms with van der Waals surface area (Å²) in [6, 6.07) is 19.9. The molecule has 3 N–H and O–H groups in total. The van der Waals surface area contributed by atoms with Crippen LogP contribution in [0.3, 0.4) is 0 Å². The van der Waals surface area contributed by atoms with Gasteiger partial charge in [0.25, 0.3) is 0 Å².